The third-order valence-corrected chi connectivity index (χ3v) is 3.82. The highest BCUT2D eigenvalue weighted by atomic mass is 16.5. The molecule has 0 aromatic heterocycles. The monoisotopic (exact) mass is 261 g/mol. The number of carbonyl (C=O) groups is 1. The van der Waals surface area contributed by atoms with E-state index in [1.165, 1.54) is 6.42 Å². The highest BCUT2D eigenvalue weighted by Crippen LogP contribution is 2.20. The highest BCUT2D eigenvalue weighted by Gasteiger charge is 2.25. The molecule has 2 rings (SSSR count). The zero-order valence-electron chi connectivity index (χ0n) is 11.8. The van der Waals surface area contributed by atoms with Crippen molar-refractivity contribution < 1.29 is 9.53 Å². The molecule has 1 fully saturated rings. The lowest BCUT2D eigenvalue weighted by molar-refractivity contribution is -0.154. The molecular weight excluding hydrogens is 238 g/mol. The fourth-order valence-electron chi connectivity index (χ4n) is 2.31. The third-order valence-electron chi connectivity index (χ3n) is 3.82. The lowest BCUT2D eigenvalue weighted by atomic mass is 10.0. The van der Waals surface area contributed by atoms with Gasteiger partial charge in [-0.3, -0.25) is 4.79 Å². The molecule has 0 spiro atoms. The van der Waals surface area contributed by atoms with E-state index in [4.69, 9.17) is 4.74 Å². The van der Waals surface area contributed by atoms with Gasteiger partial charge in [0.1, 0.15) is 6.10 Å². The second-order valence-electron chi connectivity index (χ2n) is 5.25. The van der Waals surface area contributed by atoms with Gasteiger partial charge in [-0.15, -0.1) is 0 Å². The number of hydrogen-bond acceptors (Lipinski definition) is 3. The van der Waals surface area contributed by atoms with E-state index in [1.807, 2.05) is 37.3 Å². The first-order chi connectivity index (χ1) is 9.20. The quantitative estimate of drug-likeness (QED) is 0.737. The minimum Gasteiger partial charge on any atom is -0.458 e. The number of carbonyl (C=O) groups excluding carboxylic acids is 1. The van der Waals surface area contributed by atoms with Gasteiger partial charge in [0.2, 0.25) is 0 Å². The molecule has 2 atom stereocenters. The Labute approximate surface area is 115 Å². The Balaban J connectivity index is 1.87. The van der Waals surface area contributed by atoms with Crippen molar-refractivity contribution in [3.05, 3.63) is 35.9 Å². The van der Waals surface area contributed by atoms with E-state index in [9.17, 15) is 4.79 Å². The van der Waals surface area contributed by atoms with Crippen molar-refractivity contribution in [2.75, 3.05) is 19.6 Å². The van der Waals surface area contributed by atoms with Crippen LogP contribution in [0.2, 0.25) is 0 Å². The van der Waals surface area contributed by atoms with Crippen LogP contribution in [0.5, 0.6) is 0 Å². The number of nitrogens with zero attached hydrogens (tertiary/aromatic N) is 1. The first kappa shape index (κ1) is 14.1. The van der Waals surface area contributed by atoms with Crippen molar-refractivity contribution in [2.24, 2.45) is 5.92 Å². The van der Waals surface area contributed by atoms with E-state index in [2.05, 4.69) is 11.8 Å². The predicted molar refractivity (Wildman–Crippen MR) is 75.8 cm³/mol. The van der Waals surface area contributed by atoms with Gasteiger partial charge in [-0.05, 0) is 38.4 Å². The molecule has 104 valence electrons. The van der Waals surface area contributed by atoms with Crippen molar-refractivity contribution in [1.29, 1.82) is 0 Å². The second-order valence-corrected chi connectivity index (χ2v) is 5.25. The molecular formula is C16H23NO2. The smallest absolute Gasteiger partial charge is 0.310 e. The van der Waals surface area contributed by atoms with Crippen LogP contribution >= 0.6 is 0 Å². The Bertz CT molecular complexity index is 400. The number of ether oxygens (including phenoxy) is 1. The molecule has 0 unspecified atom stereocenters. The van der Waals surface area contributed by atoms with Crippen LogP contribution in [0.15, 0.2) is 30.3 Å². The normalized spacial score (nSPS) is 18.4. The Morgan fingerprint density at radius 1 is 1.32 bits per heavy atom. The molecule has 0 saturated carbocycles. The van der Waals surface area contributed by atoms with Crippen LogP contribution in [0.1, 0.15) is 38.4 Å². The fraction of sp³-hybridized carbons (Fsp3) is 0.562. The molecule has 0 aliphatic carbocycles. The van der Waals surface area contributed by atoms with Crippen molar-refractivity contribution >= 4 is 5.97 Å². The number of benzene rings is 1. The van der Waals surface area contributed by atoms with Crippen LogP contribution in [0, 0.1) is 5.92 Å². The summed E-state index contributed by atoms with van der Waals surface area (Å²) in [6.45, 7) is 7.08. The van der Waals surface area contributed by atoms with E-state index in [0.717, 1.165) is 31.6 Å². The lowest BCUT2D eigenvalue weighted by Gasteiger charge is -2.33. The molecule has 0 radical (unpaired) electrons. The summed E-state index contributed by atoms with van der Waals surface area (Å²) in [4.78, 5) is 14.5. The Morgan fingerprint density at radius 2 is 2.00 bits per heavy atom. The van der Waals surface area contributed by atoms with Crippen LogP contribution in [-0.2, 0) is 9.53 Å². The van der Waals surface area contributed by atoms with Crippen LogP contribution in [0.4, 0.5) is 0 Å². The van der Waals surface area contributed by atoms with Crippen molar-refractivity contribution in [3.63, 3.8) is 0 Å². The molecule has 1 aromatic carbocycles. The van der Waals surface area contributed by atoms with E-state index in [1.54, 1.807) is 0 Å². The first-order valence-electron chi connectivity index (χ1n) is 7.18. The van der Waals surface area contributed by atoms with Gasteiger partial charge < -0.3 is 9.64 Å². The largest absolute Gasteiger partial charge is 0.458 e. The Hall–Kier alpha value is -1.35. The van der Waals surface area contributed by atoms with Crippen molar-refractivity contribution in [2.45, 2.75) is 32.8 Å². The summed E-state index contributed by atoms with van der Waals surface area (Å²) in [5.41, 5.74) is 1.05. The Morgan fingerprint density at radius 3 is 2.53 bits per heavy atom. The number of esters is 1. The van der Waals surface area contributed by atoms with Gasteiger partial charge >= 0.3 is 5.97 Å². The van der Waals surface area contributed by atoms with Gasteiger partial charge in [0.15, 0.2) is 0 Å². The maximum absolute atomic E-state index is 12.2. The van der Waals surface area contributed by atoms with Crippen LogP contribution in [-0.4, -0.2) is 30.5 Å². The van der Waals surface area contributed by atoms with Crippen molar-refractivity contribution in [3.8, 4) is 0 Å². The first-order valence-corrected chi connectivity index (χ1v) is 7.18. The highest BCUT2D eigenvalue weighted by molar-refractivity contribution is 5.73. The average Bonchev–Trinajstić information content (AvgIpc) is 2.38. The molecule has 3 heteroatoms. The molecule has 1 aromatic rings. The van der Waals surface area contributed by atoms with E-state index in [-0.39, 0.29) is 18.0 Å². The van der Waals surface area contributed by atoms with Gasteiger partial charge in [0, 0.05) is 6.54 Å². The summed E-state index contributed by atoms with van der Waals surface area (Å²) < 4.78 is 5.59. The summed E-state index contributed by atoms with van der Waals surface area (Å²) in [5, 5.41) is 0. The molecule has 1 heterocycles. The van der Waals surface area contributed by atoms with Crippen molar-refractivity contribution in [1.82, 2.24) is 4.90 Å². The molecule has 1 aliphatic heterocycles. The van der Waals surface area contributed by atoms with Crippen LogP contribution in [0.25, 0.3) is 0 Å². The van der Waals surface area contributed by atoms with Crippen LogP contribution < -0.4 is 0 Å². The van der Waals surface area contributed by atoms with E-state index in [0.29, 0.717) is 0 Å². The Kier molecular flexibility index (Phi) is 4.97. The molecule has 0 bridgehead atoms. The standard InChI is InChI=1S/C16H23NO2/c1-3-14(12-17-10-7-11-17)16(18)19-13(2)15-8-5-4-6-9-15/h4-6,8-9,13-14H,3,7,10-12H2,1-2H3/t13-,14-/m0/s1. The van der Waals surface area contributed by atoms with Gasteiger partial charge in [-0.1, -0.05) is 37.3 Å². The van der Waals surface area contributed by atoms with E-state index >= 15 is 0 Å². The van der Waals surface area contributed by atoms with E-state index < -0.39 is 0 Å². The lowest BCUT2D eigenvalue weighted by Crippen LogP contribution is -2.42. The zero-order valence-corrected chi connectivity index (χ0v) is 11.8. The summed E-state index contributed by atoms with van der Waals surface area (Å²) >= 11 is 0. The molecule has 19 heavy (non-hydrogen) atoms. The maximum Gasteiger partial charge on any atom is 0.310 e. The zero-order chi connectivity index (χ0) is 13.7. The second kappa shape index (κ2) is 6.71. The minimum atomic E-state index is -0.167. The number of hydrogen-bond donors (Lipinski definition) is 0. The van der Waals surface area contributed by atoms with Crippen LogP contribution in [0.3, 0.4) is 0 Å². The molecule has 0 N–H and O–H groups in total. The average molecular weight is 261 g/mol. The summed E-state index contributed by atoms with van der Waals surface area (Å²) in [7, 11) is 0. The summed E-state index contributed by atoms with van der Waals surface area (Å²) in [5.74, 6) is -0.0581. The third kappa shape index (κ3) is 3.80. The number of rotatable bonds is 6. The molecule has 1 saturated heterocycles. The molecule has 0 amide bonds. The molecule has 1 aliphatic rings. The predicted octanol–water partition coefficient (Wildman–Crippen LogP) is 3.02. The maximum atomic E-state index is 12.2. The van der Waals surface area contributed by atoms with Gasteiger partial charge in [-0.25, -0.2) is 0 Å². The minimum absolute atomic E-state index is 0.00598. The summed E-state index contributed by atoms with van der Waals surface area (Å²) in [6.07, 6.45) is 1.93. The van der Waals surface area contributed by atoms with Gasteiger partial charge in [0.25, 0.3) is 0 Å². The number of likely N-dealkylation sites (tertiary alicyclic amines) is 1. The summed E-state index contributed by atoms with van der Waals surface area (Å²) in [6, 6.07) is 9.90. The fourth-order valence-corrected chi connectivity index (χ4v) is 2.31. The molecule has 3 nitrogen and oxygen atoms in total. The topological polar surface area (TPSA) is 29.5 Å². The van der Waals surface area contributed by atoms with Gasteiger partial charge in [0.05, 0.1) is 5.92 Å². The van der Waals surface area contributed by atoms with Gasteiger partial charge in [-0.2, -0.15) is 0 Å². The SMILES string of the molecule is CC[C@@H](CN1CCC1)C(=O)O[C@@H](C)c1ccccc1.